The molecule has 1 saturated heterocycles. The van der Waals surface area contributed by atoms with Crippen molar-refractivity contribution < 1.29 is 13.2 Å². The molecule has 0 aromatic rings. The summed E-state index contributed by atoms with van der Waals surface area (Å²) in [6.07, 6.45) is -3.90. The van der Waals surface area contributed by atoms with E-state index >= 15 is 0 Å². The fourth-order valence-electron chi connectivity index (χ4n) is 2.68. The van der Waals surface area contributed by atoms with Gasteiger partial charge in [-0.05, 0) is 12.3 Å². The molecule has 3 nitrogen and oxygen atoms in total. The summed E-state index contributed by atoms with van der Waals surface area (Å²) in [6.45, 7) is 9.19. The molecule has 0 radical (unpaired) electrons. The van der Waals surface area contributed by atoms with Gasteiger partial charge >= 0.3 is 6.18 Å². The zero-order valence-electron chi connectivity index (χ0n) is 12.1. The lowest BCUT2D eigenvalue weighted by atomic mass is 10.0. The summed E-state index contributed by atoms with van der Waals surface area (Å²) in [5, 5.41) is 0. The molecule has 1 aliphatic rings. The Morgan fingerprint density at radius 1 is 1.11 bits per heavy atom. The van der Waals surface area contributed by atoms with Gasteiger partial charge in [-0.1, -0.05) is 20.8 Å². The number of rotatable bonds is 5. The molecule has 0 spiro atoms. The Kier molecular flexibility index (Phi) is 6.08. The Morgan fingerprint density at radius 3 is 2.00 bits per heavy atom. The fraction of sp³-hybridized carbons (Fsp3) is 1.00. The molecular weight excluding hydrogens is 255 g/mol. The number of nitrogens with zero attached hydrogens (tertiary/aromatic N) is 2. The van der Waals surface area contributed by atoms with Crippen molar-refractivity contribution in [2.75, 3.05) is 32.7 Å². The predicted molar refractivity (Wildman–Crippen MR) is 71.0 cm³/mol. The van der Waals surface area contributed by atoms with E-state index in [0.717, 1.165) is 6.54 Å². The molecule has 0 aromatic heterocycles. The Bertz CT molecular complexity index is 260. The molecule has 0 aromatic carbocycles. The van der Waals surface area contributed by atoms with Crippen molar-refractivity contribution in [3.05, 3.63) is 0 Å². The highest BCUT2D eigenvalue weighted by Gasteiger charge is 2.47. The van der Waals surface area contributed by atoms with E-state index < -0.39 is 18.3 Å². The van der Waals surface area contributed by atoms with Crippen LogP contribution < -0.4 is 5.73 Å². The summed E-state index contributed by atoms with van der Waals surface area (Å²) in [5.74, 6) is 0.544. The number of hydrogen-bond donors (Lipinski definition) is 1. The fourth-order valence-corrected chi connectivity index (χ4v) is 2.68. The number of nitrogens with two attached hydrogens (primary N) is 1. The van der Waals surface area contributed by atoms with Crippen molar-refractivity contribution in [3.63, 3.8) is 0 Å². The van der Waals surface area contributed by atoms with Gasteiger partial charge in [-0.2, -0.15) is 13.2 Å². The van der Waals surface area contributed by atoms with Crippen molar-refractivity contribution >= 4 is 0 Å². The van der Waals surface area contributed by atoms with Crippen LogP contribution in [0.25, 0.3) is 0 Å². The molecular formula is C13H26F3N3. The number of hydrogen-bond acceptors (Lipinski definition) is 3. The average molecular weight is 281 g/mol. The molecule has 1 heterocycles. The van der Waals surface area contributed by atoms with Crippen LogP contribution in [0.3, 0.4) is 0 Å². The van der Waals surface area contributed by atoms with Crippen LogP contribution in [0.5, 0.6) is 0 Å². The van der Waals surface area contributed by atoms with Gasteiger partial charge in [0.2, 0.25) is 0 Å². The van der Waals surface area contributed by atoms with E-state index in [1.165, 1.54) is 4.90 Å². The summed E-state index contributed by atoms with van der Waals surface area (Å²) in [5.41, 5.74) is 5.67. The summed E-state index contributed by atoms with van der Waals surface area (Å²) < 4.78 is 39.3. The summed E-state index contributed by atoms with van der Waals surface area (Å²) in [4.78, 5) is 3.73. The van der Waals surface area contributed by atoms with E-state index in [9.17, 15) is 13.2 Å². The highest BCUT2D eigenvalue weighted by atomic mass is 19.4. The molecule has 0 saturated carbocycles. The molecule has 6 heteroatoms. The number of halogens is 3. The molecule has 1 fully saturated rings. The average Bonchev–Trinajstić information content (AvgIpc) is 2.29. The molecule has 1 aliphatic heterocycles. The second-order valence-corrected chi connectivity index (χ2v) is 5.79. The van der Waals surface area contributed by atoms with E-state index in [1.807, 2.05) is 0 Å². The number of alkyl halides is 3. The Hall–Kier alpha value is -0.330. The maximum Gasteiger partial charge on any atom is 0.405 e. The number of piperazine rings is 1. The van der Waals surface area contributed by atoms with Gasteiger partial charge in [0, 0.05) is 38.8 Å². The van der Waals surface area contributed by atoms with Crippen LogP contribution in [0.15, 0.2) is 0 Å². The zero-order valence-corrected chi connectivity index (χ0v) is 12.1. The normalized spacial score (nSPS) is 22.7. The van der Waals surface area contributed by atoms with E-state index in [2.05, 4.69) is 18.7 Å². The maximum atomic E-state index is 13.1. The van der Waals surface area contributed by atoms with Gasteiger partial charge in [0.15, 0.2) is 0 Å². The summed E-state index contributed by atoms with van der Waals surface area (Å²) >= 11 is 0. The lowest BCUT2D eigenvalue weighted by Gasteiger charge is -2.42. The Morgan fingerprint density at radius 2 is 1.63 bits per heavy atom. The van der Waals surface area contributed by atoms with Crippen LogP contribution in [-0.2, 0) is 0 Å². The van der Waals surface area contributed by atoms with Gasteiger partial charge in [-0.15, -0.1) is 0 Å². The molecule has 114 valence electrons. The molecule has 2 unspecified atom stereocenters. The van der Waals surface area contributed by atoms with Crippen LogP contribution in [-0.4, -0.2) is 60.8 Å². The van der Waals surface area contributed by atoms with Gasteiger partial charge in [-0.3, -0.25) is 4.90 Å². The first-order valence-electron chi connectivity index (χ1n) is 7.04. The van der Waals surface area contributed by atoms with Gasteiger partial charge in [0.25, 0.3) is 0 Å². The van der Waals surface area contributed by atoms with Crippen LogP contribution in [0, 0.1) is 5.92 Å². The standard InChI is InChI=1S/C13H26F3N3/c1-4-11(17)12(13(14,15)16)19-7-5-18(6-8-19)9-10(2)3/h10-12H,4-9,17H2,1-3H3. The quantitative estimate of drug-likeness (QED) is 0.836. The molecule has 1 rings (SSSR count). The van der Waals surface area contributed by atoms with E-state index in [-0.39, 0.29) is 0 Å². The Labute approximate surface area is 113 Å². The summed E-state index contributed by atoms with van der Waals surface area (Å²) in [6, 6.07) is -2.34. The van der Waals surface area contributed by atoms with Crippen LogP contribution in [0.2, 0.25) is 0 Å². The van der Waals surface area contributed by atoms with Gasteiger partial charge in [0.05, 0.1) is 0 Å². The predicted octanol–water partition coefficient (Wildman–Crippen LogP) is 1.93. The van der Waals surface area contributed by atoms with E-state index in [1.54, 1.807) is 6.92 Å². The van der Waals surface area contributed by atoms with Crippen molar-refractivity contribution in [1.29, 1.82) is 0 Å². The smallest absolute Gasteiger partial charge is 0.326 e. The third-order valence-electron chi connectivity index (χ3n) is 3.64. The molecule has 0 bridgehead atoms. The SMILES string of the molecule is CCC(N)C(N1CCN(CC(C)C)CC1)C(F)(F)F. The van der Waals surface area contributed by atoms with Gasteiger partial charge in [0.1, 0.15) is 6.04 Å². The topological polar surface area (TPSA) is 32.5 Å². The third-order valence-corrected chi connectivity index (χ3v) is 3.64. The second kappa shape index (κ2) is 6.90. The molecule has 2 N–H and O–H groups in total. The summed E-state index contributed by atoms with van der Waals surface area (Å²) in [7, 11) is 0. The van der Waals surface area contributed by atoms with Crippen molar-refractivity contribution in [2.45, 2.75) is 45.5 Å². The van der Waals surface area contributed by atoms with Crippen molar-refractivity contribution in [2.24, 2.45) is 11.7 Å². The second-order valence-electron chi connectivity index (χ2n) is 5.79. The van der Waals surface area contributed by atoms with Crippen LogP contribution >= 0.6 is 0 Å². The monoisotopic (exact) mass is 281 g/mol. The Balaban J connectivity index is 2.60. The minimum Gasteiger partial charge on any atom is -0.326 e. The first-order valence-corrected chi connectivity index (χ1v) is 7.04. The van der Waals surface area contributed by atoms with Gasteiger partial charge in [-0.25, -0.2) is 0 Å². The minimum atomic E-state index is -4.24. The first-order chi connectivity index (χ1) is 8.75. The van der Waals surface area contributed by atoms with Crippen molar-refractivity contribution in [1.82, 2.24) is 9.80 Å². The minimum absolute atomic E-state index is 0.344. The lowest BCUT2D eigenvalue weighted by Crippen LogP contribution is -2.61. The third kappa shape index (κ3) is 4.93. The van der Waals surface area contributed by atoms with Crippen LogP contribution in [0.1, 0.15) is 27.2 Å². The van der Waals surface area contributed by atoms with Crippen LogP contribution in [0.4, 0.5) is 13.2 Å². The van der Waals surface area contributed by atoms with Crippen molar-refractivity contribution in [3.8, 4) is 0 Å². The molecule has 0 amide bonds. The largest absolute Gasteiger partial charge is 0.405 e. The van der Waals surface area contributed by atoms with E-state index in [4.69, 9.17) is 5.73 Å². The van der Waals surface area contributed by atoms with E-state index in [0.29, 0.717) is 38.5 Å². The maximum absolute atomic E-state index is 13.1. The molecule has 2 atom stereocenters. The zero-order chi connectivity index (χ0) is 14.6. The highest BCUT2D eigenvalue weighted by Crippen LogP contribution is 2.28. The highest BCUT2D eigenvalue weighted by molar-refractivity contribution is 4.90. The molecule has 0 aliphatic carbocycles. The first kappa shape index (κ1) is 16.7. The van der Waals surface area contributed by atoms with Gasteiger partial charge < -0.3 is 10.6 Å². The lowest BCUT2D eigenvalue weighted by molar-refractivity contribution is -0.193. The molecule has 19 heavy (non-hydrogen) atoms.